The molecule has 33 heavy (non-hydrogen) atoms. The maximum Gasteiger partial charge on any atom is 0.338 e. The second-order valence-electron chi connectivity index (χ2n) is 7.99. The molecule has 0 spiro atoms. The zero-order valence-corrected chi connectivity index (χ0v) is 19.9. The van der Waals surface area contributed by atoms with Crippen LogP contribution < -0.4 is 5.32 Å². The van der Waals surface area contributed by atoms with Gasteiger partial charge in [0.15, 0.2) is 5.17 Å². The van der Waals surface area contributed by atoms with Gasteiger partial charge in [0.1, 0.15) is 0 Å². The molecule has 1 N–H and O–H groups in total. The van der Waals surface area contributed by atoms with Gasteiger partial charge < -0.3 is 19.7 Å². The van der Waals surface area contributed by atoms with Crippen LogP contribution in [0.25, 0.3) is 0 Å². The number of carbonyl (C=O) groups is 2. The number of nitrogens with one attached hydrogen (secondary N) is 1. The Morgan fingerprint density at radius 3 is 2.70 bits per heavy atom. The Morgan fingerprint density at radius 2 is 2.00 bits per heavy atom. The second-order valence-corrected chi connectivity index (χ2v) is 8.83. The van der Waals surface area contributed by atoms with E-state index in [1.54, 1.807) is 0 Å². The van der Waals surface area contributed by atoms with Crippen LogP contribution in [0.4, 0.5) is 0 Å². The van der Waals surface area contributed by atoms with Crippen molar-refractivity contribution in [3.05, 3.63) is 58.3 Å². The third kappa shape index (κ3) is 5.31. The first-order valence-corrected chi connectivity index (χ1v) is 12.2. The van der Waals surface area contributed by atoms with Gasteiger partial charge in [0.2, 0.25) is 5.91 Å². The van der Waals surface area contributed by atoms with E-state index in [4.69, 9.17) is 14.5 Å². The second kappa shape index (κ2) is 11.0. The monoisotopic (exact) mass is 470 g/mol. The number of amidine groups is 1. The number of hydrogen-bond donors (Lipinski definition) is 1. The Labute approximate surface area is 198 Å². The van der Waals surface area contributed by atoms with Crippen molar-refractivity contribution in [2.45, 2.75) is 25.8 Å². The predicted octanol–water partition coefficient (Wildman–Crippen LogP) is 2.66. The minimum absolute atomic E-state index is 0.0481. The van der Waals surface area contributed by atoms with E-state index < -0.39 is 5.97 Å². The molecule has 0 unspecified atom stereocenters. The molecule has 0 aromatic heterocycles. The Hall–Kier alpha value is -2.62. The van der Waals surface area contributed by atoms with Crippen molar-refractivity contribution < 1.29 is 19.1 Å². The number of ether oxygens (including phenoxy) is 2. The van der Waals surface area contributed by atoms with E-state index in [-0.39, 0.29) is 18.4 Å². The normalized spacial score (nSPS) is 20.8. The van der Waals surface area contributed by atoms with Crippen molar-refractivity contribution in [3.63, 3.8) is 0 Å². The zero-order valence-electron chi connectivity index (χ0n) is 19.1. The van der Waals surface area contributed by atoms with Crippen molar-refractivity contribution >= 4 is 28.8 Å². The Balaban J connectivity index is 1.51. The van der Waals surface area contributed by atoms with Crippen molar-refractivity contribution in [2.75, 3.05) is 46.5 Å². The summed E-state index contributed by atoms with van der Waals surface area (Å²) < 4.78 is 10.5. The van der Waals surface area contributed by atoms with E-state index >= 15 is 0 Å². The standard InChI is InChI=1S/C24H30N4O4S/c1-3-19-21(23(30)31-2)22(17-7-5-4-6-8-17)28-18(16-33-24(28)26-19)15-20(29)25-9-10-27-11-13-32-14-12-27/h4-8,16,22H,3,9-15H2,1-2H3,(H,25,29)/t22-/m1/s1. The summed E-state index contributed by atoms with van der Waals surface area (Å²) >= 11 is 1.49. The summed E-state index contributed by atoms with van der Waals surface area (Å²) in [6.45, 7) is 6.66. The summed E-state index contributed by atoms with van der Waals surface area (Å²) in [6, 6.07) is 9.45. The number of fused-ring (bicyclic) bond motifs is 1. The number of rotatable bonds is 8. The molecule has 1 amide bonds. The lowest BCUT2D eigenvalue weighted by Crippen LogP contribution is -2.42. The number of benzene rings is 1. The van der Waals surface area contributed by atoms with Gasteiger partial charge in [0.05, 0.1) is 44.1 Å². The van der Waals surface area contributed by atoms with Gasteiger partial charge in [0, 0.05) is 31.9 Å². The summed E-state index contributed by atoms with van der Waals surface area (Å²) in [7, 11) is 1.39. The fraction of sp³-hybridized carbons (Fsp3) is 0.458. The average Bonchev–Trinajstić information content (AvgIpc) is 3.25. The molecular formula is C24H30N4O4S. The summed E-state index contributed by atoms with van der Waals surface area (Å²) in [6.07, 6.45) is 0.831. The highest BCUT2D eigenvalue weighted by Gasteiger charge is 2.41. The molecule has 176 valence electrons. The largest absolute Gasteiger partial charge is 0.466 e. The fourth-order valence-corrected chi connectivity index (χ4v) is 5.21. The van der Waals surface area contributed by atoms with Crippen molar-refractivity contribution in [3.8, 4) is 0 Å². The van der Waals surface area contributed by atoms with Crippen LogP contribution in [0.1, 0.15) is 31.4 Å². The van der Waals surface area contributed by atoms with Crippen LogP contribution in [0.5, 0.6) is 0 Å². The van der Waals surface area contributed by atoms with Crippen LogP contribution in [0, 0.1) is 0 Å². The maximum atomic E-state index is 12.8. The summed E-state index contributed by atoms with van der Waals surface area (Å²) in [5.74, 6) is -0.442. The summed E-state index contributed by atoms with van der Waals surface area (Å²) in [5.41, 5.74) is 3.03. The molecule has 1 atom stereocenters. The topological polar surface area (TPSA) is 83.5 Å². The van der Waals surface area contributed by atoms with Crippen LogP contribution in [0.2, 0.25) is 0 Å². The van der Waals surface area contributed by atoms with Crippen LogP contribution in [0.15, 0.2) is 57.7 Å². The Kier molecular flexibility index (Phi) is 7.85. The number of thioether (sulfide) groups is 1. The molecule has 8 nitrogen and oxygen atoms in total. The van der Waals surface area contributed by atoms with E-state index in [1.165, 1.54) is 18.9 Å². The molecule has 3 aliphatic heterocycles. The van der Waals surface area contributed by atoms with Crippen LogP contribution >= 0.6 is 11.8 Å². The van der Waals surface area contributed by atoms with Gasteiger partial charge in [-0.1, -0.05) is 49.0 Å². The van der Waals surface area contributed by atoms with Gasteiger partial charge in [-0.25, -0.2) is 9.79 Å². The van der Waals surface area contributed by atoms with E-state index in [2.05, 4.69) is 10.2 Å². The molecule has 0 aliphatic carbocycles. The molecule has 3 heterocycles. The number of nitrogens with zero attached hydrogens (tertiary/aromatic N) is 3. The molecule has 1 fully saturated rings. The van der Waals surface area contributed by atoms with Gasteiger partial charge in [-0.3, -0.25) is 9.69 Å². The van der Waals surface area contributed by atoms with E-state index in [0.29, 0.717) is 18.5 Å². The highest BCUT2D eigenvalue weighted by Crippen LogP contribution is 2.45. The van der Waals surface area contributed by atoms with Gasteiger partial charge in [-0.2, -0.15) is 0 Å². The SMILES string of the molecule is CCC1=C(C(=O)OC)[C@@H](c2ccccc2)N2C(CC(=O)NCCN3CCOCC3)=CSC2=N1. The molecule has 9 heteroatoms. The van der Waals surface area contributed by atoms with E-state index in [9.17, 15) is 9.59 Å². The van der Waals surface area contributed by atoms with Crippen molar-refractivity contribution in [1.29, 1.82) is 0 Å². The molecule has 0 bridgehead atoms. The van der Waals surface area contributed by atoms with Crippen LogP contribution in [-0.4, -0.2) is 73.3 Å². The lowest BCUT2D eigenvalue weighted by atomic mass is 9.93. The number of amides is 1. The van der Waals surface area contributed by atoms with E-state index in [0.717, 1.165) is 55.0 Å². The number of methoxy groups -OCH3 is 1. The highest BCUT2D eigenvalue weighted by atomic mass is 32.2. The predicted molar refractivity (Wildman–Crippen MR) is 128 cm³/mol. The zero-order chi connectivity index (χ0) is 23.2. The average molecular weight is 471 g/mol. The highest BCUT2D eigenvalue weighted by molar-refractivity contribution is 8.16. The van der Waals surface area contributed by atoms with Gasteiger partial charge in [-0.15, -0.1) is 0 Å². The van der Waals surface area contributed by atoms with E-state index in [1.807, 2.05) is 47.6 Å². The molecular weight excluding hydrogens is 440 g/mol. The summed E-state index contributed by atoms with van der Waals surface area (Å²) in [4.78, 5) is 34.7. The molecule has 1 aromatic carbocycles. The van der Waals surface area contributed by atoms with Gasteiger partial charge >= 0.3 is 5.97 Å². The molecule has 0 radical (unpaired) electrons. The number of morpholine rings is 1. The summed E-state index contributed by atoms with van der Waals surface area (Å²) in [5, 5.41) is 5.77. The Morgan fingerprint density at radius 1 is 1.24 bits per heavy atom. The lowest BCUT2D eigenvalue weighted by Gasteiger charge is -2.36. The van der Waals surface area contributed by atoms with Gasteiger partial charge in [-0.05, 0) is 17.4 Å². The quantitative estimate of drug-likeness (QED) is 0.585. The third-order valence-electron chi connectivity index (χ3n) is 5.94. The molecule has 0 saturated carbocycles. The molecule has 3 aliphatic rings. The first kappa shape index (κ1) is 23.5. The lowest BCUT2D eigenvalue weighted by molar-refractivity contribution is -0.136. The smallest absolute Gasteiger partial charge is 0.338 e. The minimum atomic E-state index is -0.394. The first-order valence-electron chi connectivity index (χ1n) is 11.3. The maximum absolute atomic E-state index is 12.8. The van der Waals surface area contributed by atoms with Crippen molar-refractivity contribution in [2.24, 2.45) is 4.99 Å². The van der Waals surface area contributed by atoms with Gasteiger partial charge in [0.25, 0.3) is 0 Å². The van der Waals surface area contributed by atoms with Crippen molar-refractivity contribution in [1.82, 2.24) is 15.1 Å². The molecule has 4 rings (SSSR count). The van der Waals surface area contributed by atoms with Crippen LogP contribution in [0.3, 0.4) is 0 Å². The number of carbonyl (C=O) groups excluding carboxylic acids is 2. The Bertz CT molecular complexity index is 970. The first-order chi connectivity index (χ1) is 16.1. The third-order valence-corrected chi connectivity index (χ3v) is 6.83. The number of aliphatic imine (C=N–C) groups is 1. The molecule has 1 saturated heterocycles. The number of esters is 1. The van der Waals surface area contributed by atoms with Crippen LogP contribution in [-0.2, 0) is 19.1 Å². The number of hydrogen-bond acceptors (Lipinski definition) is 8. The molecule has 1 aromatic rings. The minimum Gasteiger partial charge on any atom is -0.466 e. The number of allylic oxidation sites excluding steroid dienone is 1. The fourth-order valence-electron chi connectivity index (χ4n) is 4.27.